The molecule has 0 aromatic carbocycles. The van der Waals surface area contributed by atoms with Gasteiger partial charge in [0.2, 0.25) is 11.7 Å². The monoisotopic (exact) mass is 539 g/mol. The van der Waals surface area contributed by atoms with E-state index in [1.807, 2.05) is 0 Å². The highest BCUT2D eigenvalue weighted by atomic mass is 32.2. The standard InChI is InChI=1S/C19H22N8O5S3/c1-26-4-3-10(20)23-18(26)35-8-19(16(30)31)6-27-14(29)12(15(27)34-7-19)24-13(28)11(25-32-2)9-5-33-17(21)22-9/h3-5,12,15,20H,6-8H2,1-2H3,(H4,21,22,24,28,30,31)/p+1/t12?,15-,19?/m1/s1. The number of nitrogens with zero attached hydrogens (tertiary/aromatic N) is 5. The van der Waals surface area contributed by atoms with Crippen molar-refractivity contribution in [2.75, 3.05) is 36.6 Å². The first kappa shape index (κ1) is 25.0. The van der Waals surface area contributed by atoms with Gasteiger partial charge >= 0.3 is 11.1 Å². The van der Waals surface area contributed by atoms with Crippen molar-refractivity contribution >= 4 is 69.3 Å². The van der Waals surface area contributed by atoms with Crippen LogP contribution in [0, 0.1) is 5.41 Å². The number of thiazole rings is 1. The number of aryl methyl sites for hydroxylation is 1. The number of carboxylic acids is 1. The van der Waals surface area contributed by atoms with E-state index in [0.717, 1.165) is 11.3 Å². The minimum atomic E-state index is -1.18. The van der Waals surface area contributed by atoms with Gasteiger partial charge in [-0.25, -0.2) is 9.55 Å². The van der Waals surface area contributed by atoms with Gasteiger partial charge in [-0.2, -0.15) is 0 Å². The maximum Gasteiger partial charge on any atom is 0.361 e. The number of fused-ring (bicyclic) bond motifs is 1. The second kappa shape index (κ2) is 9.87. The first-order chi connectivity index (χ1) is 16.6. The second-order valence-electron chi connectivity index (χ2n) is 7.93. The molecule has 0 aliphatic carbocycles. The number of aromatic nitrogens is 3. The van der Waals surface area contributed by atoms with Crippen molar-refractivity contribution in [3.8, 4) is 0 Å². The minimum absolute atomic E-state index is 0.0197. The first-order valence-corrected chi connectivity index (χ1v) is 13.1. The molecule has 2 amide bonds. The Bertz CT molecular complexity index is 1210. The van der Waals surface area contributed by atoms with Crippen LogP contribution >= 0.6 is 34.9 Å². The maximum atomic E-state index is 12.9. The van der Waals surface area contributed by atoms with Gasteiger partial charge in [-0.1, -0.05) is 5.16 Å². The third-order valence-electron chi connectivity index (χ3n) is 5.52. The predicted molar refractivity (Wildman–Crippen MR) is 131 cm³/mol. The number of thioether (sulfide) groups is 2. The Morgan fingerprint density at radius 3 is 2.89 bits per heavy atom. The largest absolute Gasteiger partial charge is 0.481 e. The van der Waals surface area contributed by atoms with Gasteiger partial charge in [-0.05, 0) is 16.7 Å². The van der Waals surface area contributed by atoms with Crippen LogP contribution in [-0.2, 0) is 26.3 Å². The summed E-state index contributed by atoms with van der Waals surface area (Å²) in [6.45, 7) is 0.0197. The average molecular weight is 540 g/mol. The summed E-state index contributed by atoms with van der Waals surface area (Å²) in [5.41, 5.74) is 10.3. The Labute approximate surface area is 212 Å². The number of anilines is 2. The molecule has 2 saturated heterocycles. The summed E-state index contributed by atoms with van der Waals surface area (Å²) in [5.74, 6) is -1.22. The summed E-state index contributed by atoms with van der Waals surface area (Å²) in [6.07, 6.45) is 1.75. The van der Waals surface area contributed by atoms with E-state index < -0.39 is 28.7 Å². The maximum absolute atomic E-state index is 12.9. The van der Waals surface area contributed by atoms with E-state index in [2.05, 4.69) is 20.4 Å². The topological polar surface area (TPSA) is 190 Å². The molecule has 0 bridgehead atoms. The second-order valence-corrected chi connectivity index (χ2v) is 10.9. The number of carboxylic acid groups (broad SMARTS) is 1. The molecule has 2 aliphatic rings. The van der Waals surface area contributed by atoms with Gasteiger partial charge in [0.1, 0.15) is 29.6 Å². The Morgan fingerprint density at radius 1 is 1.46 bits per heavy atom. The molecule has 2 unspecified atom stereocenters. The quantitative estimate of drug-likeness (QED) is 0.0815. The molecule has 2 aromatic rings. The van der Waals surface area contributed by atoms with Gasteiger partial charge in [0.25, 0.3) is 5.91 Å². The minimum Gasteiger partial charge on any atom is -0.481 e. The molecule has 0 spiro atoms. The fourth-order valence-electron chi connectivity index (χ4n) is 3.62. The van der Waals surface area contributed by atoms with Crippen molar-refractivity contribution in [2.24, 2.45) is 17.6 Å². The van der Waals surface area contributed by atoms with Crippen LogP contribution in [0.5, 0.6) is 0 Å². The van der Waals surface area contributed by atoms with Crippen molar-refractivity contribution in [3.05, 3.63) is 23.3 Å². The molecule has 6 N–H and O–H groups in total. The van der Waals surface area contributed by atoms with E-state index in [9.17, 15) is 19.5 Å². The first-order valence-electron chi connectivity index (χ1n) is 10.2. The smallest absolute Gasteiger partial charge is 0.361 e. The number of hydrogen-bond acceptors (Lipinski definition) is 12. The average Bonchev–Trinajstić information content (AvgIpc) is 3.26. The molecule has 0 saturated carbocycles. The van der Waals surface area contributed by atoms with Crippen LogP contribution in [0.3, 0.4) is 0 Å². The molecule has 0 radical (unpaired) electrons. The van der Waals surface area contributed by atoms with Crippen molar-refractivity contribution < 1.29 is 28.9 Å². The zero-order chi connectivity index (χ0) is 25.3. The molecule has 186 valence electrons. The Hall–Kier alpha value is -3.11. The number of nitrogens with two attached hydrogens (primary N) is 2. The number of nitrogen functional groups attached to an aromatic ring is 2. The number of carbonyl (C=O) groups excluding carboxylic acids is 2. The summed E-state index contributed by atoms with van der Waals surface area (Å²) >= 11 is 3.72. The van der Waals surface area contributed by atoms with Crippen LogP contribution in [0.2, 0.25) is 0 Å². The lowest BCUT2D eigenvalue weighted by Crippen LogP contribution is -2.74. The number of aliphatic carboxylic acids is 1. The van der Waals surface area contributed by atoms with Crippen molar-refractivity contribution in [2.45, 2.75) is 16.6 Å². The fraction of sp³-hybridized carbons (Fsp3) is 0.421. The van der Waals surface area contributed by atoms with Gasteiger partial charge in [0.05, 0.1) is 13.2 Å². The molecule has 35 heavy (non-hydrogen) atoms. The number of oxime groups is 1. The lowest BCUT2D eigenvalue weighted by Gasteiger charge is -2.53. The molecule has 2 aliphatic heterocycles. The number of carbonyl (C=O) groups is 3. The zero-order valence-electron chi connectivity index (χ0n) is 18.7. The predicted octanol–water partition coefficient (Wildman–Crippen LogP) is -0.859. The Kier molecular flexibility index (Phi) is 7.05. The van der Waals surface area contributed by atoms with Gasteiger partial charge in [-0.3, -0.25) is 14.4 Å². The normalized spacial score (nSPS) is 23.9. The molecular weight excluding hydrogens is 516 g/mol. The number of β-lactam (4-membered cyclic amide) rings is 1. The molecule has 16 heteroatoms. The van der Waals surface area contributed by atoms with Gasteiger partial charge < -0.3 is 31.6 Å². The summed E-state index contributed by atoms with van der Waals surface area (Å²) in [5, 5.41) is 18.4. The molecule has 13 nitrogen and oxygen atoms in total. The van der Waals surface area contributed by atoms with Gasteiger partial charge in [0.15, 0.2) is 10.8 Å². The van der Waals surface area contributed by atoms with Crippen LogP contribution in [0.1, 0.15) is 5.69 Å². The van der Waals surface area contributed by atoms with E-state index in [1.54, 1.807) is 29.3 Å². The highest BCUT2D eigenvalue weighted by molar-refractivity contribution is 8.00. The Morgan fingerprint density at radius 2 is 2.23 bits per heavy atom. The van der Waals surface area contributed by atoms with Crippen molar-refractivity contribution in [1.29, 1.82) is 0 Å². The van der Waals surface area contributed by atoms with Crippen LogP contribution in [0.25, 0.3) is 0 Å². The van der Waals surface area contributed by atoms with E-state index >= 15 is 0 Å². The lowest BCUT2D eigenvalue weighted by atomic mass is 9.89. The molecule has 2 aromatic heterocycles. The number of amides is 2. The number of rotatable bonds is 8. The molecular formula is C19H23N8O5S3+. The van der Waals surface area contributed by atoms with E-state index in [-0.39, 0.29) is 40.5 Å². The molecule has 4 rings (SSSR count). The molecule has 2 fully saturated rings. The van der Waals surface area contributed by atoms with Crippen LogP contribution < -0.4 is 21.4 Å². The molecule has 4 heterocycles. The molecule has 3 atom stereocenters. The third-order valence-corrected chi connectivity index (χ3v) is 9.12. The van der Waals surface area contributed by atoms with Crippen molar-refractivity contribution in [1.82, 2.24) is 20.2 Å². The van der Waals surface area contributed by atoms with Gasteiger partial charge in [0, 0.05) is 29.5 Å². The zero-order valence-corrected chi connectivity index (χ0v) is 21.2. The summed E-state index contributed by atoms with van der Waals surface area (Å²) < 4.78 is 1.75. The number of hydrogen-bond donors (Lipinski definition) is 4. The van der Waals surface area contributed by atoms with Crippen LogP contribution in [0.15, 0.2) is 28.0 Å². The van der Waals surface area contributed by atoms with E-state index in [4.69, 9.17) is 16.3 Å². The Balaban J connectivity index is 1.44. The van der Waals surface area contributed by atoms with Crippen LogP contribution in [0.4, 0.5) is 10.9 Å². The van der Waals surface area contributed by atoms with Gasteiger partial charge in [-0.15, -0.1) is 23.1 Å². The fourth-order valence-corrected chi connectivity index (χ4v) is 7.00. The SMILES string of the molecule is CON=C(C(=O)NC1C(=O)N2CC(CSc3nc(N)cc[n+]3C)(C(=O)O)CS[C@H]12)c1csc(N)n1. The number of nitrogens with one attached hydrogen (secondary N) is 1. The van der Waals surface area contributed by atoms with Crippen molar-refractivity contribution in [3.63, 3.8) is 0 Å². The van der Waals surface area contributed by atoms with E-state index in [1.165, 1.54) is 35.5 Å². The summed E-state index contributed by atoms with van der Waals surface area (Å²) in [7, 11) is 3.08. The van der Waals surface area contributed by atoms with E-state index in [0.29, 0.717) is 11.0 Å². The summed E-state index contributed by atoms with van der Waals surface area (Å²) in [4.78, 5) is 52.5. The summed E-state index contributed by atoms with van der Waals surface area (Å²) in [6, 6.07) is 0.829. The lowest BCUT2D eigenvalue weighted by molar-refractivity contribution is -0.713. The third kappa shape index (κ3) is 4.85. The highest BCUT2D eigenvalue weighted by Crippen LogP contribution is 2.44. The van der Waals surface area contributed by atoms with Crippen LogP contribution in [-0.4, -0.2) is 80.0 Å². The highest BCUT2D eigenvalue weighted by Gasteiger charge is 2.57.